The van der Waals surface area contributed by atoms with Crippen molar-refractivity contribution in [1.29, 1.82) is 0 Å². The van der Waals surface area contributed by atoms with Crippen LogP contribution in [0.5, 0.6) is 5.75 Å². The lowest BCUT2D eigenvalue weighted by molar-refractivity contribution is 0.103. The molecule has 0 atom stereocenters. The molecule has 2 N–H and O–H groups in total. The molecular weight excluding hydrogens is 388 g/mol. The maximum atomic E-state index is 12.9. The molecule has 0 spiro atoms. The fourth-order valence-electron chi connectivity index (χ4n) is 2.97. The molecule has 1 aliphatic rings. The number of fused-ring (bicyclic) bond motifs is 1. The number of nitrogens with zero attached hydrogens (tertiary/aromatic N) is 1. The van der Waals surface area contributed by atoms with Crippen LogP contribution in [0.4, 0.5) is 5.69 Å². The number of carbonyl (C=O) groups is 1. The third kappa shape index (κ3) is 3.81. The van der Waals surface area contributed by atoms with E-state index in [0.29, 0.717) is 16.8 Å². The number of aromatic hydroxyl groups is 1. The van der Waals surface area contributed by atoms with Crippen molar-refractivity contribution in [2.75, 3.05) is 5.32 Å². The summed E-state index contributed by atoms with van der Waals surface area (Å²) in [6.07, 6.45) is 1.43. The molecule has 6 nitrogen and oxygen atoms in total. The van der Waals surface area contributed by atoms with Gasteiger partial charge in [0.15, 0.2) is 0 Å². The summed E-state index contributed by atoms with van der Waals surface area (Å²) < 4.78 is 29.5. The summed E-state index contributed by atoms with van der Waals surface area (Å²) in [5, 5.41) is 12.4. The van der Waals surface area contributed by atoms with Gasteiger partial charge in [-0.25, -0.2) is 0 Å². The highest BCUT2D eigenvalue weighted by Crippen LogP contribution is 2.25. The minimum Gasteiger partial charge on any atom is -0.508 e. The Hall–Kier alpha value is -3.71. The van der Waals surface area contributed by atoms with Crippen LogP contribution in [0.15, 0.2) is 99.9 Å². The van der Waals surface area contributed by atoms with Crippen LogP contribution in [-0.2, 0) is 10.0 Å². The van der Waals surface area contributed by atoms with Gasteiger partial charge in [-0.1, -0.05) is 42.5 Å². The number of sulfonamides is 1. The maximum absolute atomic E-state index is 12.9. The van der Waals surface area contributed by atoms with E-state index in [0.717, 1.165) is 0 Å². The van der Waals surface area contributed by atoms with Crippen molar-refractivity contribution in [2.45, 2.75) is 4.90 Å². The van der Waals surface area contributed by atoms with E-state index in [1.54, 1.807) is 54.6 Å². The smallest absolute Gasteiger partial charge is 0.282 e. The first-order valence-electron chi connectivity index (χ1n) is 8.76. The number of carbonyl (C=O) groups excluding carboxylic acids is 1. The number of benzene rings is 3. The lowest BCUT2D eigenvalue weighted by Gasteiger charge is -2.18. The molecule has 0 saturated heterocycles. The molecule has 3 aromatic rings. The van der Waals surface area contributed by atoms with Gasteiger partial charge in [-0.2, -0.15) is 12.8 Å². The van der Waals surface area contributed by atoms with Crippen LogP contribution in [-0.4, -0.2) is 25.0 Å². The van der Waals surface area contributed by atoms with Gasteiger partial charge in [0.05, 0.1) is 16.3 Å². The molecular formula is C22H16N2O4S. The number of hydrogen-bond donors (Lipinski definition) is 2. The number of ketones is 1. The molecule has 4 rings (SSSR count). The topological polar surface area (TPSA) is 95.8 Å². The Balaban J connectivity index is 1.81. The van der Waals surface area contributed by atoms with Gasteiger partial charge in [-0.05, 0) is 42.5 Å². The first-order valence-corrected chi connectivity index (χ1v) is 10.2. The number of allylic oxidation sites excluding steroid dienone is 2. The largest absolute Gasteiger partial charge is 0.508 e. The molecule has 0 saturated carbocycles. The van der Waals surface area contributed by atoms with Gasteiger partial charge in [0.25, 0.3) is 10.0 Å². The van der Waals surface area contributed by atoms with Gasteiger partial charge in [0.2, 0.25) is 5.78 Å². The van der Waals surface area contributed by atoms with Gasteiger partial charge in [-0.3, -0.25) is 4.79 Å². The highest BCUT2D eigenvalue weighted by atomic mass is 32.2. The summed E-state index contributed by atoms with van der Waals surface area (Å²) in [4.78, 5) is 13.0. The first-order chi connectivity index (χ1) is 13.9. The van der Waals surface area contributed by atoms with Crippen molar-refractivity contribution in [1.82, 2.24) is 0 Å². The predicted octanol–water partition coefficient (Wildman–Crippen LogP) is 3.76. The number of phenolic OH excluding ortho intramolecular Hbond substituents is 1. The zero-order valence-corrected chi connectivity index (χ0v) is 15.9. The van der Waals surface area contributed by atoms with Crippen LogP contribution >= 0.6 is 0 Å². The van der Waals surface area contributed by atoms with E-state index < -0.39 is 10.0 Å². The zero-order valence-electron chi connectivity index (χ0n) is 15.1. The monoisotopic (exact) mass is 404 g/mol. The number of phenols is 1. The summed E-state index contributed by atoms with van der Waals surface area (Å²) in [5.74, 6) is -0.175. The Labute approximate surface area is 167 Å². The van der Waals surface area contributed by atoms with Crippen LogP contribution in [0, 0.1) is 0 Å². The summed E-state index contributed by atoms with van der Waals surface area (Å²) in [7, 11) is -3.95. The lowest BCUT2D eigenvalue weighted by atomic mass is 9.92. The van der Waals surface area contributed by atoms with Crippen LogP contribution in [0.1, 0.15) is 15.9 Å². The van der Waals surface area contributed by atoms with E-state index in [1.807, 2.05) is 0 Å². The molecule has 7 heteroatoms. The molecule has 0 amide bonds. The third-order valence-electron chi connectivity index (χ3n) is 4.38. The Morgan fingerprint density at radius 2 is 1.41 bits per heavy atom. The normalized spacial score (nSPS) is 15.0. The molecule has 1 aliphatic carbocycles. The standard InChI is InChI=1S/C22H16N2O4S/c25-16-12-10-15(11-13-16)23-21-14-20(18-8-4-5-9-19(18)22(21)26)24-29(27,28)17-6-2-1-3-7-17/h1-14,23,25H/b24-20+. The Bertz CT molecular complexity index is 1250. The SMILES string of the molecule is O=C1C(Nc2ccc(O)cc2)=C/C(=N\S(=O)(=O)c2ccccc2)c2ccccc21. The average Bonchev–Trinajstić information content (AvgIpc) is 2.73. The van der Waals surface area contributed by atoms with E-state index in [9.17, 15) is 18.3 Å². The van der Waals surface area contributed by atoms with Crippen molar-refractivity contribution in [2.24, 2.45) is 4.40 Å². The van der Waals surface area contributed by atoms with E-state index in [1.165, 1.54) is 30.3 Å². The maximum Gasteiger partial charge on any atom is 0.282 e. The number of anilines is 1. The summed E-state index contributed by atoms with van der Waals surface area (Å²) in [5.41, 5.74) is 1.75. The highest BCUT2D eigenvalue weighted by molar-refractivity contribution is 7.90. The number of rotatable bonds is 4. The van der Waals surface area contributed by atoms with Gasteiger partial charge >= 0.3 is 0 Å². The molecule has 3 aromatic carbocycles. The fraction of sp³-hybridized carbons (Fsp3) is 0. The average molecular weight is 404 g/mol. The Kier molecular flexibility index (Phi) is 4.74. The molecule has 0 bridgehead atoms. The summed E-state index contributed by atoms with van der Waals surface area (Å²) in [6, 6.07) is 20.8. The predicted molar refractivity (Wildman–Crippen MR) is 111 cm³/mol. The third-order valence-corrected chi connectivity index (χ3v) is 5.68. The minimum absolute atomic E-state index is 0.0725. The quantitative estimate of drug-likeness (QED) is 0.646. The van der Waals surface area contributed by atoms with E-state index >= 15 is 0 Å². The van der Waals surface area contributed by atoms with Crippen LogP contribution < -0.4 is 5.32 Å². The van der Waals surface area contributed by atoms with Crippen molar-refractivity contribution in [3.63, 3.8) is 0 Å². The molecule has 0 unspecified atom stereocenters. The Morgan fingerprint density at radius 3 is 2.10 bits per heavy atom. The van der Waals surface area contributed by atoms with Gasteiger partial charge in [0, 0.05) is 16.8 Å². The molecule has 29 heavy (non-hydrogen) atoms. The first kappa shape index (κ1) is 18.6. The second kappa shape index (κ2) is 7.37. The zero-order chi connectivity index (χ0) is 20.4. The molecule has 0 aliphatic heterocycles. The molecule has 0 radical (unpaired) electrons. The molecule has 144 valence electrons. The summed E-state index contributed by atoms with van der Waals surface area (Å²) >= 11 is 0. The summed E-state index contributed by atoms with van der Waals surface area (Å²) in [6.45, 7) is 0. The van der Waals surface area contributed by atoms with Crippen molar-refractivity contribution in [3.05, 3.63) is 102 Å². The van der Waals surface area contributed by atoms with E-state index in [-0.39, 0.29) is 27.8 Å². The Morgan fingerprint density at radius 1 is 0.793 bits per heavy atom. The van der Waals surface area contributed by atoms with E-state index in [4.69, 9.17) is 0 Å². The van der Waals surface area contributed by atoms with Gasteiger partial charge in [0.1, 0.15) is 5.75 Å². The number of hydrogen-bond acceptors (Lipinski definition) is 5. The van der Waals surface area contributed by atoms with Gasteiger partial charge < -0.3 is 10.4 Å². The highest BCUT2D eigenvalue weighted by Gasteiger charge is 2.26. The minimum atomic E-state index is -3.95. The van der Waals surface area contributed by atoms with Crippen LogP contribution in [0.3, 0.4) is 0 Å². The molecule has 0 aromatic heterocycles. The fourth-order valence-corrected chi connectivity index (χ4v) is 3.99. The van der Waals surface area contributed by atoms with Crippen molar-refractivity contribution < 1.29 is 18.3 Å². The van der Waals surface area contributed by atoms with Crippen molar-refractivity contribution >= 4 is 27.2 Å². The molecule has 0 fully saturated rings. The second-order valence-electron chi connectivity index (χ2n) is 6.37. The van der Waals surface area contributed by atoms with Crippen LogP contribution in [0.25, 0.3) is 0 Å². The van der Waals surface area contributed by atoms with Crippen LogP contribution in [0.2, 0.25) is 0 Å². The second-order valence-corrected chi connectivity index (χ2v) is 7.97. The lowest BCUT2D eigenvalue weighted by Crippen LogP contribution is -2.22. The number of nitrogens with one attached hydrogen (secondary N) is 1. The number of Topliss-reactive ketones (excluding diaryl/α,β-unsaturated/α-hetero) is 1. The van der Waals surface area contributed by atoms with Crippen molar-refractivity contribution in [3.8, 4) is 5.75 Å². The van der Waals surface area contributed by atoms with Gasteiger partial charge in [-0.15, -0.1) is 0 Å². The molecule has 0 heterocycles. The van der Waals surface area contributed by atoms with E-state index in [2.05, 4.69) is 9.71 Å².